The van der Waals surface area contributed by atoms with Crippen molar-refractivity contribution in [1.29, 1.82) is 0 Å². The molecule has 0 fully saturated rings. The van der Waals surface area contributed by atoms with Crippen LogP contribution in [0.15, 0.2) is 146 Å². The largest absolute Gasteiger partial charge is 0.465 e. The first-order valence-electron chi connectivity index (χ1n) is 17.8. The number of anilines is 6. The highest BCUT2D eigenvalue weighted by molar-refractivity contribution is 5.93. The quantitative estimate of drug-likeness (QED) is 0.0760. The molecule has 58 heavy (non-hydrogen) atoms. The summed E-state index contributed by atoms with van der Waals surface area (Å²) < 4.78 is 19.4. The Hall–Kier alpha value is -8.08. The average Bonchev–Trinajstić information content (AvgIpc) is 3.28. The van der Waals surface area contributed by atoms with E-state index in [1.807, 2.05) is 107 Å². The minimum Gasteiger partial charge on any atom is -0.465 e. The molecule has 286 valence electrons. The summed E-state index contributed by atoms with van der Waals surface area (Å²) in [6.07, 6.45) is 0. The second kappa shape index (κ2) is 18.5. The number of benzene rings is 6. The molecule has 0 saturated carbocycles. The Kier molecular flexibility index (Phi) is 12.6. The average molecular weight is 769 g/mol. The van der Waals surface area contributed by atoms with Crippen LogP contribution in [0, 0.1) is 23.7 Å². The summed E-state index contributed by atoms with van der Waals surface area (Å²) in [5, 5.41) is 0. The molecule has 0 aliphatic carbocycles. The van der Waals surface area contributed by atoms with Crippen molar-refractivity contribution in [1.82, 2.24) is 0 Å². The Morgan fingerprint density at radius 2 is 0.517 bits per heavy atom. The van der Waals surface area contributed by atoms with E-state index in [0.29, 0.717) is 22.3 Å². The van der Waals surface area contributed by atoms with E-state index in [9.17, 15) is 19.2 Å². The maximum Gasteiger partial charge on any atom is 0.337 e. The number of hydrogen-bond acceptors (Lipinski definition) is 10. The Labute approximate surface area is 336 Å². The lowest BCUT2D eigenvalue weighted by molar-refractivity contribution is 0.0592. The number of methoxy groups -OCH3 is 4. The molecule has 0 bridgehead atoms. The Balaban J connectivity index is 1.22. The zero-order valence-corrected chi connectivity index (χ0v) is 32.0. The molecule has 6 aromatic carbocycles. The third kappa shape index (κ3) is 9.23. The minimum absolute atomic E-state index is 0.421. The highest BCUT2D eigenvalue weighted by Gasteiger charge is 2.17. The Morgan fingerprint density at radius 1 is 0.328 bits per heavy atom. The lowest BCUT2D eigenvalue weighted by Gasteiger charge is -2.25. The van der Waals surface area contributed by atoms with Gasteiger partial charge in [-0.2, -0.15) is 0 Å². The van der Waals surface area contributed by atoms with Gasteiger partial charge >= 0.3 is 23.9 Å². The van der Waals surface area contributed by atoms with Crippen LogP contribution < -0.4 is 9.80 Å². The number of esters is 4. The molecule has 0 atom stereocenters. The lowest BCUT2D eigenvalue weighted by Crippen LogP contribution is -2.11. The summed E-state index contributed by atoms with van der Waals surface area (Å²) in [5.74, 6) is 10.3. The van der Waals surface area contributed by atoms with Gasteiger partial charge in [0.25, 0.3) is 0 Å². The van der Waals surface area contributed by atoms with Gasteiger partial charge in [-0.25, -0.2) is 19.2 Å². The van der Waals surface area contributed by atoms with E-state index < -0.39 is 23.9 Å². The van der Waals surface area contributed by atoms with Crippen LogP contribution >= 0.6 is 0 Å². The van der Waals surface area contributed by atoms with Crippen LogP contribution in [0.25, 0.3) is 0 Å². The molecule has 6 rings (SSSR count). The summed E-state index contributed by atoms with van der Waals surface area (Å²) in [7, 11) is 5.35. The van der Waals surface area contributed by atoms with E-state index in [2.05, 4.69) is 23.7 Å². The van der Waals surface area contributed by atoms with E-state index in [0.717, 1.165) is 45.3 Å². The van der Waals surface area contributed by atoms with Crippen molar-refractivity contribution < 1.29 is 38.1 Å². The zero-order chi connectivity index (χ0) is 41.0. The highest BCUT2D eigenvalue weighted by Crippen LogP contribution is 2.36. The van der Waals surface area contributed by atoms with Gasteiger partial charge in [0, 0.05) is 45.3 Å². The van der Waals surface area contributed by atoms with Gasteiger partial charge in [-0.1, -0.05) is 11.8 Å². The standard InChI is InChI=1S/C48H36N2O8/c1-55-45(51)35-13-25-41(26-14-35)49(42-27-15-36(16-28-42)46(52)56-2)39-21-9-33(10-22-39)7-5-6-8-34-11-23-40(24-12-34)50(43-29-17-37(18-30-43)47(53)57-3)44-31-19-38(20-32-44)48(54)58-4/h9-32H,1-4H3. The van der Waals surface area contributed by atoms with E-state index in [4.69, 9.17) is 18.9 Å². The third-order valence-corrected chi connectivity index (χ3v) is 8.91. The lowest BCUT2D eigenvalue weighted by atomic mass is 10.1. The van der Waals surface area contributed by atoms with Gasteiger partial charge in [0.2, 0.25) is 0 Å². The number of ether oxygens (including phenoxy) is 4. The predicted molar refractivity (Wildman–Crippen MR) is 221 cm³/mol. The van der Waals surface area contributed by atoms with Crippen molar-refractivity contribution in [3.8, 4) is 23.7 Å². The van der Waals surface area contributed by atoms with E-state index in [1.54, 1.807) is 48.5 Å². The SMILES string of the molecule is COC(=O)c1ccc(N(c2ccc(C#CC#Cc3ccc(N(c4ccc(C(=O)OC)cc4)c4ccc(C(=O)OC)cc4)cc3)cc2)c2ccc(C(=O)OC)cc2)cc1. The minimum atomic E-state index is -0.433. The van der Waals surface area contributed by atoms with Gasteiger partial charge in [0.15, 0.2) is 0 Å². The predicted octanol–water partition coefficient (Wildman–Crippen LogP) is 9.18. The summed E-state index contributed by atoms with van der Waals surface area (Å²) in [6, 6.07) is 43.4. The van der Waals surface area contributed by atoms with Crippen LogP contribution in [0.4, 0.5) is 34.1 Å². The van der Waals surface area contributed by atoms with E-state index in [-0.39, 0.29) is 0 Å². The smallest absolute Gasteiger partial charge is 0.337 e. The number of carbonyl (C=O) groups excluding carboxylic acids is 4. The maximum atomic E-state index is 12.1. The van der Waals surface area contributed by atoms with Crippen LogP contribution in [0.1, 0.15) is 52.6 Å². The van der Waals surface area contributed by atoms with Crippen LogP contribution in [-0.2, 0) is 18.9 Å². The molecule has 0 amide bonds. The Bertz CT molecular complexity index is 2240. The number of carbonyl (C=O) groups is 4. The van der Waals surface area contributed by atoms with Gasteiger partial charge < -0.3 is 28.7 Å². The van der Waals surface area contributed by atoms with Crippen molar-refractivity contribution in [3.05, 3.63) is 179 Å². The molecule has 0 N–H and O–H groups in total. The van der Waals surface area contributed by atoms with Crippen molar-refractivity contribution >= 4 is 58.0 Å². The van der Waals surface area contributed by atoms with Crippen LogP contribution in [0.5, 0.6) is 0 Å². The van der Waals surface area contributed by atoms with Crippen molar-refractivity contribution in [2.75, 3.05) is 38.2 Å². The second-order valence-corrected chi connectivity index (χ2v) is 12.4. The van der Waals surface area contributed by atoms with Gasteiger partial charge in [0.05, 0.1) is 50.7 Å². The zero-order valence-electron chi connectivity index (χ0n) is 32.0. The van der Waals surface area contributed by atoms with Gasteiger partial charge in [-0.05, 0) is 157 Å². The molecule has 0 aliphatic heterocycles. The normalized spacial score (nSPS) is 10.1. The third-order valence-electron chi connectivity index (χ3n) is 8.91. The van der Waals surface area contributed by atoms with E-state index in [1.165, 1.54) is 28.4 Å². The molecule has 0 aromatic heterocycles. The van der Waals surface area contributed by atoms with Crippen molar-refractivity contribution in [3.63, 3.8) is 0 Å². The molecule has 0 radical (unpaired) electrons. The van der Waals surface area contributed by atoms with Gasteiger partial charge in [0.1, 0.15) is 0 Å². The topological polar surface area (TPSA) is 112 Å². The monoisotopic (exact) mass is 768 g/mol. The van der Waals surface area contributed by atoms with Gasteiger partial charge in [-0.15, -0.1) is 0 Å². The van der Waals surface area contributed by atoms with Crippen LogP contribution in [0.3, 0.4) is 0 Å². The van der Waals surface area contributed by atoms with Crippen molar-refractivity contribution in [2.45, 2.75) is 0 Å². The fourth-order valence-electron chi connectivity index (χ4n) is 5.95. The first-order chi connectivity index (χ1) is 28.2. The molecule has 0 saturated heterocycles. The van der Waals surface area contributed by atoms with Crippen LogP contribution in [-0.4, -0.2) is 52.3 Å². The maximum absolute atomic E-state index is 12.1. The fourth-order valence-corrected chi connectivity index (χ4v) is 5.95. The summed E-state index contributed by atoms with van der Waals surface area (Å²) in [6.45, 7) is 0. The Morgan fingerprint density at radius 3 is 0.707 bits per heavy atom. The highest BCUT2D eigenvalue weighted by atomic mass is 16.5. The number of hydrogen-bond donors (Lipinski definition) is 0. The molecular weight excluding hydrogens is 733 g/mol. The molecule has 0 spiro atoms. The molecule has 6 aromatic rings. The second-order valence-electron chi connectivity index (χ2n) is 12.4. The number of rotatable bonds is 10. The fraction of sp³-hybridized carbons (Fsp3) is 0.0833. The number of nitrogens with zero attached hydrogens (tertiary/aromatic N) is 2. The molecule has 0 unspecified atom stereocenters. The summed E-state index contributed by atoms with van der Waals surface area (Å²) in [4.78, 5) is 52.2. The molecular formula is C48H36N2O8. The molecule has 0 aliphatic rings. The van der Waals surface area contributed by atoms with E-state index >= 15 is 0 Å². The summed E-state index contributed by atoms with van der Waals surface area (Å²) >= 11 is 0. The summed E-state index contributed by atoms with van der Waals surface area (Å²) in [5.41, 5.74) is 7.96. The molecule has 10 nitrogen and oxygen atoms in total. The molecule has 10 heteroatoms. The van der Waals surface area contributed by atoms with Crippen molar-refractivity contribution in [2.24, 2.45) is 0 Å². The molecule has 0 heterocycles. The first kappa shape index (κ1) is 39.6. The van der Waals surface area contributed by atoms with Crippen LogP contribution in [0.2, 0.25) is 0 Å². The first-order valence-corrected chi connectivity index (χ1v) is 17.8. The van der Waals surface area contributed by atoms with Gasteiger partial charge in [-0.3, -0.25) is 0 Å².